The Labute approximate surface area is 233 Å². The van der Waals surface area contributed by atoms with Crippen LogP contribution in [0.25, 0.3) is 64.8 Å². The van der Waals surface area contributed by atoms with Crippen LogP contribution in [0, 0.1) is 0 Å². The van der Waals surface area contributed by atoms with Gasteiger partial charge in [0.2, 0.25) is 0 Å². The average Bonchev–Trinajstić information content (AvgIpc) is 3.40. The molecule has 2 heterocycles. The zero-order chi connectivity index (χ0) is 26.2. The van der Waals surface area contributed by atoms with E-state index in [0.29, 0.717) is 0 Å². The van der Waals surface area contributed by atoms with Gasteiger partial charge in [-0.1, -0.05) is 116 Å². The summed E-state index contributed by atoms with van der Waals surface area (Å²) in [5.41, 5.74) is 10.7. The van der Waals surface area contributed by atoms with Crippen LogP contribution in [0.2, 0.25) is 0 Å². The van der Waals surface area contributed by atoms with Crippen LogP contribution in [0.5, 0.6) is 0 Å². The molecular weight excluding hydrogens is 490 g/mol. The van der Waals surface area contributed by atoms with Gasteiger partial charge in [0.25, 0.3) is 0 Å². The Balaban J connectivity index is 1.17. The van der Waals surface area contributed by atoms with Crippen molar-refractivity contribution in [3.05, 3.63) is 139 Å². The fraction of sp³-hybridized carbons (Fsp3) is 0.0541. The molecule has 0 saturated carbocycles. The summed E-state index contributed by atoms with van der Waals surface area (Å²) in [5, 5.41) is 2.68. The molecular formula is C37H27NS. The standard InChI is InChI=1S/C37H27NS/c1-2-31-10-6-14-35(38-31)30-9-5-8-29(24-30)27-18-16-25(17-19-27)26-20-22-28(23-21-26)32-12-7-13-34-33-11-3-4-15-36(33)39-37(32)34/h3-24H,2H2,1H3. The fourth-order valence-electron chi connectivity index (χ4n) is 5.37. The van der Waals surface area contributed by atoms with Gasteiger partial charge in [0.1, 0.15) is 0 Å². The minimum atomic E-state index is 0.941. The number of hydrogen-bond acceptors (Lipinski definition) is 2. The van der Waals surface area contributed by atoms with Crippen molar-refractivity contribution in [2.24, 2.45) is 0 Å². The van der Waals surface area contributed by atoms with E-state index in [1.807, 2.05) is 11.3 Å². The second kappa shape index (κ2) is 9.98. The molecule has 0 spiro atoms. The van der Waals surface area contributed by atoms with Crippen LogP contribution in [0.15, 0.2) is 133 Å². The molecule has 0 aliphatic heterocycles. The van der Waals surface area contributed by atoms with Crippen molar-refractivity contribution in [3.63, 3.8) is 0 Å². The van der Waals surface area contributed by atoms with Crippen molar-refractivity contribution in [3.8, 4) is 44.6 Å². The third-order valence-corrected chi connectivity index (χ3v) is 8.70. The van der Waals surface area contributed by atoms with Gasteiger partial charge in [-0.2, -0.15) is 0 Å². The molecule has 7 rings (SSSR count). The summed E-state index contributed by atoms with van der Waals surface area (Å²) in [7, 11) is 0. The van der Waals surface area contributed by atoms with Gasteiger partial charge in [0.15, 0.2) is 0 Å². The molecule has 5 aromatic carbocycles. The topological polar surface area (TPSA) is 12.9 Å². The van der Waals surface area contributed by atoms with E-state index in [0.717, 1.165) is 23.4 Å². The van der Waals surface area contributed by atoms with Gasteiger partial charge in [-0.05, 0) is 64.1 Å². The molecule has 0 fully saturated rings. The number of aryl methyl sites for hydroxylation is 1. The number of nitrogens with zero attached hydrogens (tertiary/aromatic N) is 1. The van der Waals surface area contributed by atoms with Crippen LogP contribution in [-0.2, 0) is 6.42 Å². The Morgan fingerprint density at radius 1 is 0.513 bits per heavy atom. The summed E-state index contributed by atoms with van der Waals surface area (Å²) < 4.78 is 2.70. The molecule has 0 aliphatic carbocycles. The predicted octanol–water partition coefficient (Wildman–Crippen LogP) is 10.7. The maximum absolute atomic E-state index is 4.81. The quantitative estimate of drug-likeness (QED) is 0.221. The minimum Gasteiger partial charge on any atom is -0.253 e. The van der Waals surface area contributed by atoms with Gasteiger partial charge >= 0.3 is 0 Å². The van der Waals surface area contributed by atoms with Crippen LogP contribution in [-0.4, -0.2) is 4.98 Å². The van der Waals surface area contributed by atoms with Gasteiger partial charge in [0, 0.05) is 31.4 Å². The Morgan fingerprint density at radius 3 is 1.90 bits per heavy atom. The molecule has 0 aliphatic rings. The van der Waals surface area contributed by atoms with E-state index in [4.69, 9.17) is 4.98 Å². The lowest BCUT2D eigenvalue weighted by Gasteiger charge is -2.09. The number of rotatable bonds is 5. The highest BCUT2D eigenvalue weighted by Gasteiger charge is 2.10. The molecule has 39 heavy (non-hydrogen) atoms. The Bertz CT molecular complexity index is 1930. The van der Waals surface area contributed by atoms with Crippen molar-refractivity contribution in [1.82, 2.24) is 4.98 Å². The molecule has 0 N–H and O–H groups in total. The molecule has 0 amide bonds. The number of fused-ring (bicyclic) bond motifs is 3. The van der Waals surface area contributed by atoms with E-state index in [1.165, 1.54) is 53.6 Å². The Kier molecular flexibility index (Phi) is 6.03. The summed E-state index contributed by atoms with van der Waals surface area (Å²) in [5.74, 6) is 0. The van der Waals surface area contributed by atoms with Gasteiger partial charge in [-0.25, -0.2) is 0 Å². The van der Waals surface area contributed by atoms with Gasteiger partial charge < -0.3 is 0 Å². The molecule has 0 radical (unpaired) electrons. The van der Waals surface area contributed by atoms with Crippen molar-refractivity contribution < 1.29 is 0 Å². The first-order chi connectivity index (χ1) is 19.3. The number of hydrogen-bond donors (Lipinski definition) is 0. The molecule has 2 aromatic heterocycles. The van der Waals surface area contributed by atoms with E-state index in [1.54, 1.807) is 0 Å². The third-order valence-electron chi connectivity index (χ3n) is 7.48. The molecule has 0 bridgehead atoms. The van der Waals surface area contributed by atoms with E-state index < -0.39 is 0 Å². The third kappa shape index (κ3) is 4.43. The van der Waals surface area contributed by atoms with Crippen molar-refractivity contribution in [2.45, 2.75) is 13.3 Å². The van der Waals surface area contributed by atoms with E-state index in [2.05, 4.69) is 140 Å². The first-order valence-electron chi connectivity index (χ1n) is 13.4. The SMILES string of the molecule is CCc1cccc(-c2cccc(-c3ccc(-c4ccc(-c5cccc6c5sc5ccccc56)cc4)cc3)c2)n1. The maximum Gasteiger partial charge on any atom is 0.0705 e. The van der Waals surface area contributed by atoms with Crippen LogP contribution < -0.4 is 0 Å². The summed E-state index contributed by atoms with van der Waals surface area (Å²) in [4.78, 5) is 4.81. The smallest absolute Gasteiger partial charge is 0.0705 e. The summed E-state index contributed by atoms with van der Waals surface area (Å²) in [6.07, 6.45) is 0.941. The highest BCUT2D eigenvalue weighted by atomic mass is 32.1. The van der Waals surface area contributed by atoms with Crippen LogP contribution in [0.4, 0.5) is 0 Å². The van der Waals surface area contributed by atoms with Gasteiger partial charge in [-0.15, -0.1) is 11.3 Å². The number of aromatic nitrogens is 1. The average molecular weight is 518 g/mol. The van der Waals surface area contributed by atoms with E-state index in [9.17, 15) is 0 Å². The molecule has 0 unspecified atom stereocenters. The molecule has 186 valence electrons. The highest BCUT2D eigenvalue weighted by Crippen LogP contribution is 2.40. The largest absolute Gasteiger partial charge is 0.253 e. The van der Waals surface area contributed by atoms with Crippen LogP contribution in [0.3, 0.4) is 0 Å². The lowest BCUT2D eigenvalue weighted by atomic mass is 9.96. The zero-order valence-corrected chi connectivity index (χ0v) is 22.6. The first-order valence-corrected chi connectivity index (χ1v) is 14.3. The summed E-state index contributed by atoms with van der Waals surface area (Å²) in [6, 6.07) is 48.1. The molecule has 0 saturated heterocycles. The summed E-state index contributed by atoms with van der Waals surface area (Å²) >= 11 is 1.88. The van der Waals surface area contributed by atoms with Crippen LogP contribution >= 0.6 is 11.3 Å². The first kappa shape index (κ1) is 23.6. The second-order valence-electron chi connectivity index (χ2n) is 9.88. The van der Waals surface area contributed by atoms with Crippen molar-refractivity contribution in [2.75, 3.05) is 0 Å². The number of benzene rings is 5. The molecule has 7 aromatic rings. The lowest BCUT2D eigenvalue weighted by molar-refractivity contribution is 1.04. The van der Waals surface area contributed by atoms with Crippen molar-refractivity contribution in [1.29, 1.82) is 0 Å². The Morgan fingerprint density at radius 2 is 1.13 bits per heavy atom. The normalized spacial score (nSPS) is 11.3. The highest BCUT2D eigenvalue weighted by molar-refractivity contribution is 7.26. The van der Waals surface area contributed by atoms with E-state index in [-0.39, 0.29) is 0 Å². The second-order valence-corrected chi connectivity index (χ2v) is 10.9. The number of pyridine rings is 1. The van der Waals surface area contributed by atoms with E-state index >= 15 is 0 Å². The van der Waals surface area contributed by atoms with Crippen molar-refractivity contribution >= 4 is 31.5 Å². The Hall–Kier alpha value is -4.53. The van der Waals surface area contributed by atoms with Crippen LogP contribution in [0.1, 0.15) is 12.6 Å². The maximum atomic E-state index is 4.81. The number of thiophene rings is 1. The van der Waals surface area contributed by atoms with Gasteiger partial charge in [0.05, 0.1) is 5.69 Å². The molecule has 2 heteroatoms. The predicted molar refractivity (Wildman–Crippen MR) is 168 cm³/mol. The van der Waals surface area contributed by atoms with Gasteiger partial charge in [-0.3, -0.25) is 4.98 Å². The monoisotopic (exact) mass is 517 g/mol. The zero-order valence-electron chi connectivity index (χ0n) is 21.8. The fourth-order valence-corrected chi connectivity index (χ4v) is 6.61. The molecule has 1 nitrogen and oxygen atoms in total. The molecule has 0 atom stereocenters. The summed E-state index contributed by atoms with van der Waals surface area (Å²) in [6.45, 7) is 2.14. The lowest BCUT2D eigenvalue weighted by Crippen LogP contribution is -1.90. The minimum absolute atomic E-state index is 0.941.